The third kappa shape index (κ3) is 1.50. The number of hydrogen-bond donors (Lipinski definition) is 1. The van der Waals surface area contributed by atoms with Gasteiger partial charge in [-0.05, 0) is 44.9 Å². The van der Waals surface area contributed by atoms with Crippen molar-refractivity contribution in [3.8, 4) is 0 Å². The topological polar surface area (TPSA) is 29.5 Å². The third-order valence-electron chi connectivity index (χ3n) is 3.27. The predicted molar refractivity (Wildman–Crippen MR) is 46.9 cm³/mol. The van der Waals surface area contributed by atoms with Crippen LogP contribution >= 0.6 is 0 Å². The minimum Gasteiger partial charge on any atom is -0.388 e. The standard InChI is InChI=1S/C10H18O2/c1-9(2,11)8-3-4-10(5-6-10)7-12-8/h8,11H,3-7H2,1-2H3/t8-/m0/s1. The van der Waals surface area contributed by atoms with E-state index in [1.165, 1.54) is 19.3 Å². The summed E-state index contributed by atoms with van der Waals surface area (Å²) < 4.78 is 5.67. The Morgan fingerprint density at radius 1 is 1.33 bits per heavy atom. The van der Waals surface area contributed by atoms with Crippen molar-refractivity contribution in [2.75, 3.05) is 6.61 Å². The van der Waals surface area contributed by atoms with Crippen LogP contribution < -0.4 is 0 Å². The Labute approximate surface area is 73.9 Å². The molecule has 0 amide bonds. The minimum atomic E-state index is -0.656. The van der Waals surface area contributed by atoms with E-state index in [4.69, 9.17) is 4.74 Å². The molecule has 1 N–H and O–H groups in total. The Morgan fingerprint density at radius 3 is 2.33 bits per heavy atom. The highest BCUT2D eigenvalue weighted by Crippen LogP contribution is 2.53. The van der Waals surface area contributed by atoms with Gasteiger partial charge in [0.05, 0.1) is 18.3 Å². The summed E-state index contributed by atoms with van der Waals surface area (Å²) in [6.45, 7) is 4.55. The second kappa shape index (κ2) is 2.46. The van der Waals surface area contributed by atoms with Gasteiger partial charge in [0.2, 0.25) is 0 Å². The van der Waals surface area contributed by atoms with Crippen LogP contribution in [-0.2, 0) is 4.74 Å². The van der Waals surface area contributed by atoms with Gasteiger partial charge in [0.25, 0.3) is 0 Å². The molecule has 1 spiro atoms. The van der Waals surface area contributed by atoms with Crippen molar-refractivity contribution < 1.29 is 9.84 Å². The lowest BCUT2D eigenvalue weighted by molar-refractivity contribution is -0.126. The Hall–Kier alpha value is -0.0800. The highest BCUT2D eigenvalue weighted by atomic mass is 16.5. The first-order valence-electron chi connectivity index (χ1n) is 4.86. The van der Waals surface area contributed by atoms with Crippen molar-refractivity contribution >= 4 is 0 Å². The Bertz CT molecular complexity index is 167. The summed E-state index contributed by atoms with van der Waals surface area (Å²) in [6, 6.07) is 0. The molecule has 0 unspecified atom stereocenters. The lowest BCUT2D eigenvalue weighted by atomic mass is 9.89. The van der Waals surface area contributed by atoms with Crippen LogP contribution in [0.5, 0.6) is 0 Å². The van der Waals surface area contributed by atoms with Gasteiger partial charge in [-0.3, -0.25) is 0 Å². The van der Waals surface area contributed by atoms with Crippen molar-refractivity contribution in [1.82, 2.24) is 0 Å². The van der Waals surface area contributed by atoms with Gasteiger partial charge < -0.3 is 9.84 Å². The first-order chi connectivity index (χ1) is 5.52. The highest BCUT2D eigenvalue weighted by molar-refractivity contribution is 4.97. The van der Waals surface area contributed by atoms with E-state index < -0.39 is 5.60 Å². The molecule has 1 atom stereocenters. The van der Waals surface area contributed by atoms with Crippen LogP contribution in [0.25, 0.3) is 0 Å². The van der Waals surface area contributed by atoms with Crippen LogP contribution in [0.2, 0.25) is 0 Å². The van der Waals surface area contributed by atoms with Gasteiger partial charge in [-0.25, -0.2) is 0 Å². The summed E-state index contributed by atoms with van der Waals surface area (Å²) in [5.41, 5.74) is -0.113. The molecule has 2 heteroatoms. The normalized spacial score (nSPS) is 33.8. The lowest BCUT2D eigenvalue weighted by Gasteiger charge is -2.36. The zero-order valence-corrected chi connectivity index (χ0v) is 7.97. The van der Waals surface area contributed by atoms with E-state index in [9.17, 15) is 5.11 Å². The van der Waals surface area contributed by atoms with Crippen molar-refractivity contribution in [2.24, 2.45) is 5.41 Å². The predicted octanol–water partition coefficient (Wildman–Crippen LogP) is 1.72. The van der Waals surface area contributed by atoms with Crippen LogP contribution in [0, 0.1) is 5.41 Å². The molecule has 0 aromatic rings. The van der Waals surface area contributed by atoms with Gasteiger partial charge in [-0.2, -0.15) is 0 Å². The molecule has 2 aliphatic rings. The second-order valence-electron chi connectivity index (χ2n) is 4.99. The van der Waals surface area contributed by atoms with E-state index in [-0.39, 0.29) is 6.10 Å². The zero-order valence-electron chi connectivity index (χ0n) is 7.97. The fraction of sp³-hybridized carbons (Fsp3) is 1.00. The zero-order chi connectivity index (χ0) is 8.82. The molecule has 0 radical (unpaired) electrons. The number of ether oxygens (including phenoxy) is 1. The monoisotopic (exact) mass is 170 g/mol. The lowest BCUT2D eigenvalue weighted by Crippen LogP contribution is -2.42. The Balaban J connectivity index is 1.90. The molecule has 0 bridgehead atoms. The molecule has 2 fully saturated rings. The van der Waals surface area contributed by atoms with Crippen LogP contribution in [-0.4, -0.2) is 23.4 Å². The average Bonchev–Trinajstić information content (AvgIpc) is 2.68. The van der Waals surface area contributed by atoms with Gasteiger partial charge in [-0.15, -0.1) is 0 Å². The minimum absolute atomic E-state index is 0.0590. The maximum absolute atomic E-state index is 9.71. The van der Waals surface area contributed by atoms with Crippen molar-refractivity contribution in [2.45, 2.75) is 51.2 Å². The molecule has 1 aliphatic carbocycles. The van der Waals surface area contributed by atoms with Gasteiger partial charge in [-0.1, -0.05) is 0 Å². The summed E-state index contributed by atoms with van der Waals surface area (Å²) in [5.74, 6) is 0. The average molecular weight is 170 g/mol. The van der Waals surface area contributed by atoms with E-state index in [1.807, 2.05) is 13.8 Å². The van der Waals surface area contributed by atoms with Crippen LogP contribution in [0.3, 0.4) is 0 Å². The van der Waals surface area contributed by atoms with Crippen LogP contribution in [0.1, 0.15) is 39.5 Å². The molecule has 1 saturated carbocycles. The Kier molecular flexibility index (Phi) is 1.74. The van der Waals surface area contributed by atoms with Crippen LogP contribution in [0.15, 0.2) is 0 Å². The summed E-state index contributed by atoms with van der Waals surface area (Å²) in [7, 11) is 0. The van der Waals surface area contributed by atoms with E-state index in [1.54, 1.807) is 0 Å². The molecule has 12 heavy (non-hydrogen) atoms. The Morgan fingerprint density at radius 2 is 2.00 bits per heavy atom. The maximum Gasteiger partial charge on any atom is 0.0857 e. The van der Waals surface area contributed by atoms with Gasteiger partial charge >= 0.3 is 0 Å². The molecule has 2 rings (SSSR count). The fourth-order valence-corrected chi connectivity index (χ4v) is 2.00. The fourth-order valence-electron chi connectivity index (χ4n) is 2.00. The first kappa shape index (κ1) is 8.52. The molecule has 0 aromatic carbocycles. The summed E-state index contributed by atoms with van der Waals surface area (Å²) in [6.07, 6.45) is 5.02. The van der Waals surface area contributed by atoms with Crippen molar-refractivity contribution in [1.29, 1.82) is 0 Å². The van der Waals surface area contributed by atoms with E-state index >= 15 is 0 Å². The molecular weight excluding hydrogens is 152 g/mol. The maximum atomic E-state index is 9.71. The van der Waals surface area contributed by atoms with Gasteiger partial charge in [0, 0.05) is 0 Å². The van der Waals surface area contributed by atoms with Gasteiger partial charge in [0.15, 0.2) is 0 Å². The highest BCUT2D eigenvalue weighted by Gasteiger charge is 2.47. The summed E-state index contributed by atoms with van der Waals surface area (Å²) >= 11 is 0. The first-order valence-corrected chi connectivity index (χ1v) is 4.86. The molecule has 1 aliphatic heterocycles. The molecular formula is C10H18O2. The molecule has 1 heterocycles. The molecule has 2 nitrogen and oxygen atoms in total. The quantitative estimate of drug-likeness (QED) is 0.649. The molecule has 1 saturated heterocycles. The van der Waals surface area contributed by atoms with Crippen LogP contribution in [0.4, 0.5) is 0 Å². The van der Waals surface area contributed by atoms with E-state index in [2.05, 4.69) is 0 Å². The smallest absolute Gasteiger partial charge is 0.0857 e. The summed E-state index contributed by atoms with van der Waals surface area (Å²) in [4.78, 5) is 0. The van der Waals surface area contributed by atoms with E-state index in [0.29, 0.717) is 5.41 Å². The van der Waals surface area contributed by atoms with Crippen molar-refractivity contribution in [3.63, 3.8) is 0 Å². The van der Waals surface area contributed by atoms with Crippen molar-refractivity contribution in [3.05, 3.63) is 0 Å². The number of aliphatic hydroxyl groups is 1. The summed E-state index contributed by atoms with van der Waals surface area (Å²) in [5, 5.41) is 9.71. The van der Waals surface area contributed by atoms with Gasteiger partial charge in [0.1, 0.15) is 0 Å². The number of hydrogen-bond acceptors (Lipinski definition) is 2. The molecule has 70 valence electrons. The second-order valence-corrected chi connectivity index (χ2v) is 4.99. The van der Waals surface area contributed by atoms with E-state index in [0.717, 1.165) is 13.0 Å². The number of rotatable bonds is 1. The molecule has 0 aromatic heterocycles. The third-order valence-corrected chi connectivity index (χ3v) is 3.27. The largest absolute Gasteiger partial charge is 0.388 e. The SMILES string of the molecule is CC(C)(O)[C@@H]1CCC2(CC2)CO1.